The van der Waals surface area contributed by atoms with Crippen LogP contribution < -0.4 is 5.73 Å². The van der Waals surface area contributed by atoms with Gasteiger partial charge in [-0.3, -0.25) is 0 Å². The van der Waals surface area contributed by atoms with Crippen molar-refractivity contribution < 1.29 is 9.50 Å². The van der Waals surface area contributed by atoms with Crippen molar-refractivity contribution in [2.75, 3.05) is 0 Å². The topological polar surface area (TPSA) is 46.2 Å². The summed E-state index contributed by atoms with van der Waals surface area (Å²) in [7, 11) is 0. The van der Waals surface area contributed by atoms with Crippen molar-refractivity contribution in [1.29, 1.82) is 0 Å². The molecule has 2 atom stereocenters. The van der Waals surface area contributed by atoms with Gasteiger partial charge in [-0.15, -0.1) is 0 Å². The van der Waals surface area contributed by atoms with Crippen molar-refractivity contribution >= 4 is 0 Å². The summed E-state index contributed by atoms with van der Waals surface area (Å²) in [6.07, 6.45) is 1.06. The van der Waals surface area contributed by atoms with Gasteiger partial charge in [0.2, 0.25) is 0 Å². The third kappa shape index (κ3) is 3.91. The van der Waals surface area contributed by atoms with Crippen molar-refractivity contribution in [1.82, 2.24) is 0 Å². The van der Waals surface area contributed by atoms with Gasteiger partial charge < -0.3 is 10.8 Å². The molecule has 1 rings (SSSR count). The molecule has 0 spiro atoms. The SMILES string of the molecule is CC(C)CC[C@@H](O)[C@@H](N)c1ccc(F)cc1. The number of halogens is 1. The van der Waals surface area contributed by atoms with E-state index in [1.807, 2.05) is 0 Å². The van der Waals surface area contributed by atoms with Gasteiger partial charge in [0.25, 0.3) is 0 Å². The van der Waals surface area contributed by atoms with Gasteiger partial charge in [0.1, 0.15) is 5.82 Å². The van der Waals surface area contributed by atoms with Gasteiger partial charge >= 0.3 is 0 Å². The van der Waals surface area contributed by atoms with Gasteiger partial charge in [0.15, 0.2) is 0 Å². The zero-order chi connectivity index (χ0) is 12.1. The Kier molecular flexibility index (Phi) is 4.90. The number of benzene rings is 1. The number of aliphatic hydroxyl groups excluding tert-OH is 1. The van der Waals surface area contributed by atoms with Crippen molar-refractivity contribution in [2.24, 2.45) is 11.7 Å². The minimum Gasteiger partial charge on any atom is -0.391 e. The normalized spacial score (nSPS) is 15.1. The highest BCUT2D eigenvalue weighted by atomic mass is 19.1. The number of hydrogen-bond acceptors (Lipinski definition) is 2. The molecular formula is C13H20FNO. The van der Waals surface area contributed by atoms with Gasteiger partial charge in [0, 0.05) is 0 Å². The predicted octanol–water partition coefficient (Wildman–Crippen LogP) is 2.62. The fourth-order valence-electron chi connectivity index (χ4n) is 1.59. The van der Waals surface area contributed by atoms with E-state index in [4.69, 9.17) is 5.73 Å². The lowest BCUT2D eigenvalue weighted by Crippen LogP contribution is -2.26. The Balaban J connectivity index is 2.56. The molecule has 3 heteroatoms. The average Bonchev–Trinajstić information content (AvgIpc) is 2.26. The van der Waals surface area contributed by atoms with Gasteiger partial charge in [-0.1, -0.05) is 26.0 Å². The second-order valence-corrected chi connectivity index (χ2v) is 4.62. The second kappa shape index (κ2) is 5.97. The zero-order valence-electron chi connectivity index (χ0n) is 9.86. The van der Waals surface area contributed by atoms with E-state index in [1.165, 1.54) is 12.1 Å². The zero-order valence-corrected chi connectivity index (χ0v) is 9.86. The molecule has 0 saturated carbocycles. The van der Waals surface area contributed by atoms with Crippen LogP contribution in [-0.4, -0.2) is 11.2 Å². The summed E-state index contributed by atoms with van der Waals surface area (Å²) in [6.45, 7) is 4.21. The lowest BCUT2D eigenvalue weighted by molar-refractivity contribution is 0.128. The fraction of sp³-hybridized carbons (Fsp3) is 0.538. The molecule has 0 bridgehead atoms. The molecule has 0 radical (unpaired) electrons. The van der Waals surface area contributed by atoms with Gasteiger partial charge in [0.05, 0.1) is 12.1 Å². The molecule has 90 valence electrons. The minimum absolute atomic E-state index is 0.285. The van der Waals surface area contributed by atoms with E-state index >= 15 is 0 Å². The molecule has 0 aromatic heterocycles. The van der Waals surface area contributed by atoms with Gasteiger partial charge in [-0.25, -0.2) is 4.39 Å². The first-order valence-corrected chi connectivity index (χ1v) is 5.70. The molecule has 16 heavy (non-hydrogen) atoms. The summed E-state index contributed by atoms with van der Waals surface area (Å²) in [5.41, 5.74) is 6.68. The van der Waals surface area contributed by atoms with Crippen LogP contribution in [0.1, 0.15) is 38.3 Å². The number of nitrogens with two attached hydrogens (primary N) is 1. The summed E-state index contributed by atoms with van der Waals surface area (Å²) in [4.78, 5) is 0. The molecule has 1 aromatic rings. The quantitative estimate of drug-likeness (QED) is 0.809. The third-order valence-electron chi connectivity index (χ3n) is 2.71. The summed E-state index contributed by atoms with van der Waals surface area (Å²) in [5.74, 6) is 0.266. The van der Waals surface area contributed by atoms with E-state index in [2.05, 4.69) is 13.8 Å². The molecule has 0 aliphatic heterocycles. The molecule has 0 aliphatic carbocycles. The van der Waals surface area contributed by atoms with Crippen molar-refractivity contribution in [2.45, 2.75) is 38.8 Å². The maximum absolute atomic E-state index is 12.7. The van der Waals surface area contributed by atoms with Crippen LogP contribution in [0.2, 0.25) is 0 Å². The Labute approximate surface area is 96.3 Å². The highest BCUT2D eigenvalue weighted by Gasteiger charge is 2.16. The van der Waals surface area contributed by atoms with E-state index in [0.29, 0.717) is 12.3 Å². The van der Waals surface area contributed by atoms with Gasteiger partial charge in [-0.05, 0) is 36.5 Å². The molecule has 0 amide bonds. The van der Waals surface area contributed by atoms with Crippen molar-refractivity contribution in [3.05, 3.63) is 35.6 Å². The first kappa shape index (κ1) is 13.1. The van der Waals surface area contributed by atoms with Crippen LogP contribution in [0.15, 0.2) is 24.3 Å². The van der Waals surface area contributed by atoms with E-state index in [0.717, 1.165) is 12.0 Å². The van der Waals surface area contributed by atoms with Crippen LogP contribution in [0, 0.1) is 11.7 Å². The fourth-order valence-corrected chi connectivity index (χ4v) is 1.59. The Bertz CT molecular complexity index is 310. The third-order valence-corrected chi connectivity index (χ3v) is 2.71. The predicted molar refractivity (Wildman–Crippen MR) is 63.4 cm³/mol. The Morgan fingerprint density at radius 1 is 1.19 bits per heavy atom. The molecule has 2 nitrogen and oxygen atoms in total. The van der Waals surface area contributed by atoms with Crippen molar-refractivity contribution in [3.8, 4) is 0 Å². The number of hydrogen-bond donors (Lipinski definition) is 2. The van der Waals surface area contributed by atoms with E-state index in [1.54, 1.807) is 12.1 Å². The summed E-state index contributed by atoms with van der Waals surface area (Å²) < 4.78 is 12.7. The molecule has 0 fully saturated rings. The molecule has 3 N–H and O–H groups in total. The lowest BCUT2D eigenvalue weighted by atomic mass is 9.96. The summed E-state index contributed by atoms with van der Waals surface area (Å²) in [5, 5.41) is 9.87. The number of rotatable bonds is 5. The largest absolute Gasteiger partial charge is 0.391 e. The Hall–Kier alpha value is -0.930. The van der Waals surface area contributed by atoms with Crippen molar-refractivity contribution in [3.63, 3.8) is 0 Å². The van der Waals surface area contributed by atoms with Crippen LogP contribution >= 0.6 is 0 Å². The number of aliphatic hydroxyl groups is 1. The van der Waals surface area contributed by atoms with E-state index < -0.39 is 12.1 Å². The standard InChI is InChI=1S/C13H20FNO/c1-9(2)3-8-12(16)13(15)10-4-6-11(14)7-5-10/h4-7,9,12-13,16H,3,8,15H2,1-2H3/t12-,13+/m1/s1. The van der Waals surface area contributed by atoms with E-state index in [9.17, 15) is 9.50 Å². The summed E-state index contributed by atoms with van der Waals surface area (Å²) >= 11 is 0. The highest BCUT2D eigenvalue weighted by molar-refractivity contribution is 5.20. The van der Waals surface area contributed by atoms with Crippen LogP contribution in [0.5, 0.6) is 0 Å². The molecular weight excluding hydrogens is 205 g/mol. The maximum Gasteiger partial charge on any atom is 0.123 e. The molecule has 0 saturated heterocycles. The average molecular weight is 225 g/mol. The van der Waals surface area contributed by atoms with Crippen LogP contribution in [0.25, 0.3) is 0 Å². The highest BCUT2D eigenvalue weighted by Crippen LogP contribution is 2.19. The molecule has 1 aromatic carbocycles. The van der Waals surface area contributed by atoms with Crippen LogP contribution in [0.4, 0.5) is 4.39 Å². The monoisotopic (exact) mass is 225 g/mol. The second-order valence-electron chi connectivity index (χ2n) is 4.62. The Morgan fingerprint density at radius 3 is 2.25 bits per heavy atom. The minimum atomic E-state index is -0.562. The molecule has 0 unspecified atom stereocenters. The van der Waals surface area contributed by atoms with Crippen LogP contribution in [0.3, 0.4) is 0 Å². The Morgan fingerprint density at radius 2 is 1.75 bits per heavy atom. The molecule has 0 aliphatic rings. The lowest BCUT2D eigenvalue weighted by Gasteiger charge is -2.20. The van der Waals surface area contributed by atoms with Crippen LogP contribution in [-0.2, 0) is 0 Å². The molecule has 0 heterocycles. The van der Waals surface area contributed by atoms with E-state index in [-0.39, 0.29) is 5.82 Å². The summed E-state index contributed by atoms with van der Waals surface area (Å²) in [6, 6.07) is 5.55. The maximum atomic E-state index is 12.7. The van der Waals surface area contributed by atoms with Gasteiger partial charge in [-0.2, -0.15) is 0 Å². The first-order chi connectivity index (χ1) is 7.50. The first-order valence-electron chi connectivity index (χ1n) is 5.70. The smallest absolute Gasteiger partial charge is 0.123 e.